The summed E-state index contributed by atoms with van der Waals surface area (Å²) >= 11 is 15.1. The van der Waals surface area contributed by atoms with Gasteiger partial charge in [0, 0.05) is 47.0 Å². The Morgan fingerprint density at radius 1 is 0.903 bits per heavy atom. The van der Waals surface area contributed by atoms with Crippen LogP contribution in [0.4, 0.5) is 11.4 Å². The summed E-state index contributed by atoms with van der Waals surface area (Å²) in [6.45, 7) is 4.50. The molecule has 160 valence electrons. The van der Waals surface area contributed by atoms with Crippen LogP contribution in [0.15, 0.2) is 66.7 Å². The quantitative estimate of drug-likeness (QED) is 0.376. The lowest BCUT2D eigenvalue weighted by atomic mass is 10.1. The largest absolute Gasteiger partial charge is 0.368 e. The molecule has 7 heteroatoms. The summed E-state index contributed by atoms with van der Waals surface area (Å²) in [5, 5.41) is 4.40. The van der Waals surface area contributed by atoms with Crippen LogP contribution < -0.4 is 10.2 Å². The van der Waals surface area contributed by atoms with Gasteiger partial charge in [0.05, 0.1) is 16.3 Å². The molecule has 1 N–H and O–H groups in total. The number of carbonyl (C=O) groups is 1. The van der Waals surface area contributed by atoms with Crippen LogP contribution in [-0.4, -0.2) is 37.0 Å². The Kier molecular flexibility index (Phi) is 7.38. The van der Waals surface area contributed by atoms with E-state index in [1.807, 2.05) is 60.7 Å². The van der Waals surface area contributed by atoms with Crippen LogP contribution in [0.2, 0.25) is 10.0 Å². The second-order valence-electron chi connectivity index (χ2n) is 7.45. The van der Waals surface area contributed by atoms with Crippen molar-refractivity contribution in [2.75, 3.05) is 36.4 Å². The fourth-order valence-corrected chi connectivity index (χ4v) is 4.83. The molecule has 0 aromatic heterocycles. The number of halogens is 3. The first kappa shape index (κ1) is 22.4. The number of anilines is 2. The highest BCUT2D eigenvalue weighted by atomic mass is 127. The lowest BCUT2D eigenvalue weighted by Crippen LogP contribution is -2.46. The molecule has 0 saturated carbocycles. The van der Waals surface area contributed by atoms with Crippen LogP contribution in [0.25, 0.3) is 0 Å². The van der Waals surface area contributed by atoms with Crippen LogP contribution >= 0.6 is 45.8 Å². The topological polar surface area (TPSA) is 35.6 Å². The van der Waals surface area contributed by atoms with Crippen molar-refractivity contribution in [1.29, 1.82) is 0 Å². The molecule has 0 spiro atoms. The number of nitrogens with one attached hydrogen (secondary N) is 1. The molecule has 0 aliphatic carbocycles. The first-order valence-corrected chi connectivity index (χ1v) is 11.9. The van der Waals surface area contributed by atoms with Gasteiger partial charge in [0.1, 0.15) is 0 Å². The molecule has 0 radical (unpaired) electrons. The van der Waals surface area contributed by atoms with E-state index in [9.17, 15) is 4.79 Å². The highest BCUT2D eigenvalue weighted by Crippen LogP contribution is 2.30. The Morgan fingerprint density at radius 3 is 2.32 bits per heavy atom. The molecule has 0 atom stereocenters. The SMILES string of the molecule is O=C(Nc1ccc(N2CCN(Cc3ccccc3Cl)CC2)c(Cl)c1)c1ccccc1I. The number of carbonyl (C=O) groups excluding carboxylic acids is 1. The monoisotopic (exact) mass is 565 g/mol. The molecule has 3 aromatic carbocycles. The van der Waals surface area contributed by atoms with Gasteiger partial charge in [-0.3, -0.25) is 9.69 Å². The van der Waals surface area contributed by atoms with E-state index in [0.29, 0.717) is 16.3 Å². The number of hydrogen-bond donors (Lipinski definition) is 1. The van der Waals surface area contributed by atoms with Crippen molar-refractivity contribution in [2.24, 2.45) is 0 Å². The van der Waals surface area contributed by atoms with Crippen molar-refractivity contribution in [1.82, 2.24) is 4.90 Å². The fourth-order valence-electron chi connectivity index (χ4n) is 3.70. The van der Waals surface area contributed by atoms with Crippen molar-refractivity contribution in [2.45, 2.75) is 6.54 Å². The lowest BCUT2D eigenvalue weighted by Gasteiger charge is -2.36. The first-order chi connectivity index (χ1) is 15.0. The van der Waals surface area contributed by atoms with Gasteiger partial charge < -0.3 is 10.2 Å². The highest BCUT2D eigenvalue weighted by Gasteiger charge is 2.20. The van der Waals surface area contributed by atoms with Gasteiger partial charge in [0.15, 0.2) is 0 Å². The van der Waals surface area contributed by atoms with Crippen molar-refractivity contribution < 1.29 is 4.79 Å². The zero-order chi connectivity index (χ0) is 21.8. The predicted molar refractivity (Wildman–Crippen MR) is 138 cm³/mol. The first-order valence-electron chi connectivity index (χ1n) is 10.1. The maximum atomic E-state index is 12.6. The number of hydrogen-bond acceptors (Lipinski definition) is 3. The third-order valence-electron chi connectivity index (χ3n) is 5.39. The van der Waals surface area contributed by atoms with Gasteiger partial charge in [0.2, 0.25) is 0 Å². The van der Waals surface area contributed by atoms with Crippen LogP contribution in [0.3, 0.4) is 0 Å². The third-order valence-corrected chi connectivity index (χ3v) is 7.00. The molecule has 4 nitrogen and oxygen atoms in total. The van der Waals surface area contributed by atoms with Crippen LogP contribution in [0, 0.1) is 3.57 Å². The standard InChI is InChI=1S/C24H22Cl2IN3O/c25-20-7-3-1-5-17(20)16-29-11-13-30(14-12-29)23-10-9-18(15-21(23)26)28-24(31)19-6-2-4-8-22(19)27/h1-10,15H,11-14,16H2,(H,28,31). The molecule has 1 aliphatic heterocycles. The van der Waals surface area contributed by atoms with Gasteiger partial charge in [0.25, 0.3) is 5.91 Å². The second-order valence-corrected chi connectivity index (χ2v) is 9.43. The minimum Gasteiger partial charge on any atom is -0.368 e. The molecule has 4 rings (SSSR count). The molecule has 1 amide bonds. The summed E-state index contributed by atoms with van der Waals surface area (Å²) in [7, 11) is 0. The van der Waals surface area contributed by atoms with Gasteiger partial charge in [-0.25, -0.2) is 0 Å². The Bertz CT molecular complexity index is 1080. The number of piperazine rings is 1. The fraction of sp³-hybridized carbons (Fsp3) is 0.208. The van der Waals surface area contributed by atoms with E-state index in [4.69, 9.17) is 23.2 Å². The molecule has 0 unspecified atom stereocenters. The molecule has 1 saturated heterocycles. The summed E-state index contributed by atoms with van der Waals surface area (Å²) in [6, 6.07) is 21.2. The van der Waals surface area contributed by atoms with Crippen molar-refractivity contribution in [3.63, 3.8) is 0 Å². The molecule has 0 bridgehead atoms. The minimum atomic E-state index is -0.137. The Morgan fingerprint density at radius 2 is 1.61 bits per heavy atom. The molecule has 1 aliphatic rings. The Labute approximate surface area is 206 Å². The summed E-state index contributed by atoms with van der Waals surface area (Å²) in [5.74, 6) is -0.137. The van der Waals surface area contributed by atoms with Crippen LogP contribution in [0.1, 0.15) is 15.9 Å². The number of amides is 1. The third kappa shape index (κ3) is 5.52. The Hall–Kier alpha value is -1.80. The molecule has 1 heterocycles. The van der Waals surface area contributed by atoms with Crippen molar-refractivity contribution in [3.05, 3.63) is 91.5 Å². The van der Waals surface area contributed by atoms with E-state index in [-0.39, 0.29) is 5.91 Å². The minimum absolute atomic E-state index is 0.137. The molecule has 1 fully saturated rings. The van der Waals surface area contributed by atoms with E-state index in [2.05, 4.69) is 43.8 Å². The maximum Gasteiger partial charge on any atom is 0.256 e. The van der Waals surface area contributed by atoms with E-state index >= 15 is 0 Å². The smallest absolute Gasteiger partial charge is 0.256 e. The van der Waals surface area contributed by atoms with Crippen LogP contribution in [-0.2, 0) is 6.54 Å². The summed E-state index contributed by atoms with van der Waals surface area (Å²) in [5.41, 5.74) is 3.49. The highest BCUT2D eigenvalue weighted by molar-refractivity contribution is 14.1. The Balaban J connectivity index is 1.37. The van der Waals surface area contributed by atoms with Crippen molar-refractivity contribution >= 4 is 63.1 Å². The van der Waals surface area contributed by atoms with Gasteiger partial charge in [-0.1, -0.05) is 53.5 Å². The zero-order valence-corrected chi connectivity index (χ0v) is 20.5. The number of benzene rings is 3. The average Bonchev–Trinajstić information content (AvgIpc) is 2.76. The van der Waals surface area contributed by atoms with E-state index in [1.54, 1.807) is 0 Å². The van der Waals surface area contributed by atoms with Gasteiger partial charge in [-0.2, -0.15) is 0 Å². The summed E-state index contributed by atoms with van der Waals surface area (Å²) in [4.78, 5) is 17.3. The number of rotatable bonds is 5. The molecule has 31 heavy (non-hydrogen) atoms. The lowest BCUT2D eigenvalue weighted by molar-refractivity contribution is 0.102. The zero-order valence-electron chi connectivity index (χ0n) is 16.8. The maximum absolute atomic E-state index is 12.6. The van der Waals surface area contributed by atoms with Crippen molar-refractivity contribution in [3.8, 4) is 0 Å². The van der Waals surface area contributed by atoms with Gasteiger partial charge in [-0.05, 0) is 64.6 Å². The molecular formula is C24H22Cl2IN3O. The van der Waals surface area contributed by atoms with Gasteiger partial charge >= 0.3 is 0 Å². The van der Waals surface area contributed by atoms with E-state index in [0.717, 1.165) is 52.6 Å². The van der Waals surface area contributed by atoms with Crippen LogP contribution in [0.5, 0.6) is 0 Å². The summed E-state index contributed by atoms with van der Waals surface area (Å²) in [6.07, 6.45) is 0. The average molecular weight is 566 g/mol. The number of nitrogens with zero attached hydrogens (tertiary/aromatic N) is 2. The van der Waals surface area contributed by atoms with E-state index < -0.39 is 0 Å². The molecule has 3 aromatic rings. The normalized spacial score (nSPS) is 14.5. The summed E-state index contributed by atoms with van der Waals surface area (Å²) < 4.78 is 0.912. The predicted octanol–water partition coefficient (Wildman–Crippen LogP) is 6.17. The molecular weight excluding hydrogens is 544 g/mol. The second kappa shape index (κ2) is 10.2. The van der Waals surface area contributed by atoms with E-state index in [1.165, 1.54) is 0 Å². The van der Waals surface area contributed by atoms with Gasteiger partial charge in [-0.15, -0.1) is 0 Å².